The SMILES string of the molecule is c1ccc(CN2C3CCC2CC(N2c4ccccc4Sc4cc(-c5cccnc5)ccc42)C3)nc1. The molecule has 35 heavy (non-hydrogen) atoms. The van der Waals surface area contributed by atoms with E-state index in [1.165, 1.54) is 63.7 Å². The van der Waals surface area contributed by atoms with Crippen LogP contribution in [0.15, 0.2) is 101 Å². The Morgan fingerprint density at radius 2 is 1.57 bits per heavy atom. The maximum absolute atomic E-state index is 4.61. The maximum Gasteiger partial charge on any atom is 0.0555 e. The molecule has 4 nitrogen and oxygen atoms in total. The van der Waals surface area contributed by atoms with Crippen LogP contribution in [0.3, 0.4) is 0 Å². The average molecular weight is 477 g/mol. The molecule has 0 amide bonds. The molecule has 2 aromatic carbocycles. The van der Waals surface area contributed by atoms with Gasteiger partial charge in [0, 0.05) is 58.6 Å². The first-order chi connectivity index (χ1) is 17.3. The lowest BCUT2D eigenvalue weighted by Crippen LogP contribution is -2.49. The lowest BCUT2D eigenvalue weighted by Gasteiger charge is -2.46. The van der Waals surface area contributed by atoms with Crippen molar-refractivity contribution in [3.8, 4) is 11.1 Å². The fourth-order valence-corrected chi connectivity index (χ4v) is 7.40. The number of anilines is 2. The number of nitrogens with zero attached hydrogens (tertiary/aromatic N) is 4. The van der Waals surface area contributed by atoms with Gasteiger partial charge >= 0.3 is 0 Å². The fourth-order valence-electron chi connectivity index (χ4n) is 6.29. The van der Waals surface area contributed by atoms with Crippen molar-refractivity contribution in [2.75, 3.05) is 4.90 Å². The van der Waals surface area contributed by atoms with Crippen molar-refractivity contribution in [1.82, 2.24) is 14.9 Å². The van der Waals surface area contributed by atoms with E-state index in [0.717, 1.165) is 6.54 Å². The molecule has 2 atom stereocenters. The highest BCUT2D eigenvalue weighted by Gasteiger charge is 2.44. The number of aromatic nitrogens is 2. The summed E-state index contributed by atoms with van der Waals surface area (Å²) in [6, 6.07) is 28.1. The Bertz CT molecular complexity index is 1330. The lowest BCUT2D eigenvalue weighted by molar-refractivity contribution is 0.118. The Balaban J connectivity index is 1.22. The monoisotopic (exact) mass is 476 g/mol. The highest BCUT2D eigenvalue weighted by Crippen LogP contribution is 2.52. The third-order valence-corrected chi connectivity index (χ3v) is 8.97. The van der Waals surface area contributed by atoms with Gasteiger partial charge < -0.3 is 4.90 Å². The molecule has 0 spiro atoms. The van der Waals surface area contributed by atoms with Gasteiger partial charge in [0.2, 0.25) is 0 Å². The smallest absolute Gasteiger partial charge is 0.0555 e. The summed E-state index contributed by atoms with van der Waals surface area (Å²) in [5.74, 6) is 0. The van der Waals surface area contributed by atoms with Crippen LogP contribution in [0.25, 0.3) is 11.1 Å². The number of para-hydroxylation sites is 1. The van der Waals surface area contributed by atoms with Crippen LogP contribution in [0.5, 0.6) is 0 Å². The molecular weight excluding hydrogens is 448 g/mol. The second-order valence-corrected chi connectivity index (χ2v) is 11.0. The van der Waals surface area contributed by atoms with Crippen molar-refractivity contribution in [2.45, 2.75) is 60.1 Å². The van der Waals surface area contributed by atoms with Crippen molar-refractivity contribution >= 4 is 23.1 Å². The van der Waals surface area contributed by atoms with Gasteiger partial charge in [-0.25, -0.2) is 0 Å². The summed E-state index contributed by atoms with van der Waals surface area (Å²) in [5, 5.41) is 0. The Kier molecular flexibility index (Phi) is 5.33. The number of rotatable bonds is 4. The highest BCUT2D eigenvalue weighted by atomic mass is 32.2. The lowest BCUT2D eigenvalue weighted by atomic mass is 9.94. The zero-order chi connectivity index (χ0) is 23.2. The van der Waals surface area contributed by atoms with Crippen molar-refractivity contribution in [3.63, 3.8) is 0 Å². The molecule has 0 aliphatic carbocycles. The summed E-state index contributed by atoms with van der Waals surface area (Å²) < 4.78 is 0. The van der Waals surface area contributed by atoms with Gasteiger partial charge in [0.05, 0.1) is 17.1 Å². The first-order valence-electron chi connectivity index (χ1n) is 12.6. The topological polar surface area (TPSA) is 32.3 Å². The molecular formula is C30H28N4S. The van der Waals surface area contributed by atoms with Crippen molar-refractivity contribution in [2.24, 2.45) is 0 Å². The van der Waals surface area contributed by atoms with Crippen LogP contribution in [0.4, 0.5) is 11.4 Å². The normalized spacial score (nSPS) is 23.1. The summed E-state index contributed by atoms with van der Waals surface area (Å²) in [6.07, 6.45) is 10.7. The molecule has 5 heteroatoms. The third kappa shape index (κ3) is 3.83. The van der Waals surface area contributed by atoms with Gasteiger partial charge in [-0.05, 0) is 73.7 Å². The molecule has 5 heterocycles. The summed E-state index contributed by atoms with van der Waals surface area (Å²) in [7, 11) is 0. The molecule has 2 fully saturated rings. The van der Waals surface area contributed by atoms with Gasteiger partial charge in [0.1, 0.15) is 0 Å². The molecule has 0 N–H and O–H groups in total. The zero-order valence-corrected chi connectivity index (χ0v) is 20.4. The van der Waals surface area contributed by atoms with Crippen molar-refractivity contribution in [1.29, 1.82) is 0 Å². The number of benzene rings is 2. The second-order valence-electron chi connectivity index (χ2n) is 9.87. The van der Waals surface area contributed by atoms with Crippen molar-refractivity contribution < 1.29 is 0 Å². The second kappa shape index (κ2) is 8.81. The molecule has 0 radical (unpaired) electrons. The average Bonchev–Trinajstić information content (AvgIpc) is 3.14. The number of piperidine rings is 1. The van der Waals surface area contributed by atoms with Crippen LogP contribution < -0.4 is 4.90 Å². The summed E-state index contributed by atoms with van der Waals surface area (Å²) in [6.45, 7) is 0.973. The summed E-state index contributed by atoms with van der Waals surface area (Å²) >= 11 is 1.90. The predicted molar refractivity (Wildman–Crippen MR) is 142 cm³/mol. The molecule has 4 aromatic rings. The first kappa shape index (κ1) is 21.2. The molecule has 2 bridgehead atoms. The Morgan fingerprint density at radius 3 is 2.37 bits per heavy atom. The molecule has 3 aliphatic rings. The van der Waals surface area contributed by atoms with Crippen LogP contribution >= 0.6 is 11.8 Å². The first-order valence-corrected chi connectivity index (χ1v) is 13.4. The fraction of sp³-hybridized carbons (Fsp3) is 0.267. The van der Waals surface area contributed by atoms with Gasteiger partial charge in [-0.1, -0.05) is 42.1 Å². The molecule has 2 aromatic heterocycles. The third-order valence-electron chi connectivity index (χ3n) is 7.85. The van der Waals surface area contributed by atoms with E-state index < -0.39 is 0 Å². The van der Waals surface area contributed by atoms with Crippen LogP contribution in [0.2, 0.25) is 0 Å². The van der Waals surface area contributed by atoms with E-state index in [-0.39, 0.29) is 0 Å². The van der Waals surface area contributed by atoms with Gasteiger partial charge in [0.25, 0.3) is 0 Å². The summed E-state index contributed by atoms with van der Waals surface area (Å²) in [5.41, 5.74) is 6.30. The zero-order valence-electron chi connectivity index (χ0n) is 19.6. The van der Waals surface area contributed by atoms with E-state index in [0.29, 0.717) is 18.1 Å². The van der Waals surface area contributed by atoms with Gasteiger partial charge in [0.15, 0.2) is 0 Å². The summed E-state index contributed by atoms with van der Waals surface area (Å²) in [4.78, 5) is 17.0. The van der Waals surface area contributed by atoms with E-state index in [1.807, 2.05) is 42.5 Å². The Labute approximate surface area is 211 Å². The minimum Gasteiger partial charge on any atom is -0.336 e. The van der Waals surface area contributed by atoms with E-state index in [4.69, 9.17) is 0 Å². The van der Waals surface area contributed by atoms with E-state index >= 15 is 0 Å². The number of hydrogen-bond acceptors (Lipinski definition) is 5. The maximum atomic E-state index is 4.61. The van der Waals surface area contributed by atoms with Crippen LogP contribution in [0.1, 0.15) is 31.4 Å². The predicted octanol–water partition coefficient (Wildman–Crippen LogP) is 6.94. The molecule has 2 unspecified atom stereocenters. The number of hydrogen-bond donors (Lipinski definition) is 0. The largest absolute Gasteiger partial charge is 0.336 e. The van der Waals surface area contributed by atoms with Gasteiger partial charge in [-0.2, -0.15) is 0 Å². The van der Waals surface area contributed by atoms with Gasteiger partial charge in [-0.15, -0.1) is 0 Å². The van der Waals surface area contributed by atoms with Crippen LogP contribution in [-0.4, -0.2) is 33.0 Å². The minimum atomic E-state index is 0.512. The molecule has 7 rings (SSSR count). The Morgan fingerprint density at radius 1 is 0.743 bits per heavy atom. The van der Waals surface area contributed by atoms with E-state index in [2.05, 4.69) is 80.4 Å². The molecule has 174 valence electrons. The highest BCUT2D eigenvalue weighted by molar-refractivity contribution is 7.99. The minimum absolute atomic E-state index is 0.512. The number of pyridine rings is 2. The van der Waals surface area contributed by atoms with Crippen LogP contribution in [0, 0.1) is 0 Å². The molecule has 3 aliphatic heterocycles. The molecule has 2 saturated heterocycles. The Hall–Kier alpha value is -3.15. The van der Waals surface area contributed by atoms with Crippen molar-refractivity contribution in [3.05, 3.63) is 97.1 Å². The number of fused-ring (bicyclic) bond motifs is 4. The molecule has 0 saturated carbocycles. The van der Waals surface area contributed by atoms with E-state index in [1.54, 1.807) is 0 Å². The standard InChI is InChI=1S/C30H28N4S/c1-2-9-29-27(8-1)34(28-13-10-21(16-30(28)35-29)22-6-5-14-31-19-22)26-17-24-11-12-25(18-26)33(24)20-23-7-3-4-15-32-23/h1-10,13-16,19,24-26H,11-12,17-18,20H2. The van der Waals surface area contributed by atoms with Gasteiger partial charge in [-0.3, -0.25) is 14.9 Å². The quantitative estimate of drug-likeness (QED) is 0.318. The van der Waals surface area contributed by atoms with Crippen LogP contribution in [-0.2, 0) is 6.54 Å². The van der Waals surface area contributed by atoms with E-state index in [9.17, 15) is 0 Å².